The minimum Gasteiger partial charge on any atom is -0.394 e. The van der Waals surface area contributed by atoms with Crippen molar-refractivity contribution in [3.63, 3.8) is 0 Å². The molecule has 0 rings (SSSR count). The molecule has 7 nitrogen and oxygen atoms in total. The molecule has 0 aromatic heterocycles. The Morgan fingerprint density at radius 3 is 2.30 bits per heavy atom. The quantitative estimate of drug-likeness (QED) is 0.223. The third kappa shape index (κ3) is 4.77. The van der Waals surface area contributed by atoms with Crippen molar-refractivity contribution in [1.29, 1.82) is 0 Å². The predicted octanol–water partition coefficient (Wildman–Crippen LogP) is -1.76. The van der Waals surface area contributed by atoms with Crippen LogP contribution in [0.25, 0.3) is 0 Å². The number of aliphatic hydroxyl groups excluding tert-OH is 2. The molecule has 0 aromatic carbocycles. The van der Waals surface area contributed by atoms with E-state index in [2.05, 4.69) is 6.58 Å². The Hall–Kier alpha value is -1.12. The molecular formula is C13H24N2O5. The van der Waals surface area contributed by atoms with E-state index in [1.54, 1.807) is 0 Å². The van der Waals surface area contributed by atoms with Crippen molar-refractivity contribution < 1.29 is 24.9 Å². The standard InChI is InChI=1S/C13H24N2O5/c1-2-9(15)5-6-11(18)13(20,12(19)8-16)10(17)4-3-7-14/h2,9,12,16,19-20H,1,3-8,14-15H2. The first-order valence-corrected chi connectivity index (χ1v) is 6.50. The highest BCUT2D eigenvalue weighted by atomic mass is 16.4. The molecule has 0 heterocycles. The van der Waals surface area contributed by atoms with Gasteiger partial charge < -0.3 is 26.8 Å². The highest BCUT2D eigenvalue weighted by Gasteiger charge is 2.48. The number of carbonyl (C=O) groups excluding carboxylic acids is 2. The first kappa shape index (κ1) is 18.9. The Morgan fingerprint density at radius 2 is 1.85 bits per heavy atom. The lowest BCUT2D eigenvalue weighted by atomic mass is 9.83. The van der Waals surface area contributed by atoms with Crippen molar-refractivity contribution >= 4 is 11.6 Å². The minimum absolute atomic E-state index is 0.149. The number of aliphatic hydroxyl groups is 3. The molecule has 20 heavy (non-hydrogen) atoms. The topological polar surface area (TPSA) is 147 Å². The third-order valence-corrected chi connectivity index (χ3v) is 3.12. The lowest BCUT2D eigenvalue weighted by Crippen LogP contribution is -2.57. The Morgan fingerprint density at radius 1 is 1.30 bits per heavy atom. The molecule has 0 fully saturated rings. The molecule has 3 atom stereocenters. The van der Waals surface area contributed by atoms with Gasteiger partial charge in [-0.25, -0.2) is 0 Å². The lowest BCUT2D eigenvalue weighted by Gasteiger charge is -2.29. The summed E-state index contributed by atoms with van der Waals surface area (Å²) in [6, 6.07) is -0.450. The molecule has 0 aromatic rings. The maximum Gasteiger partial charge on any atom is 0.209 e. The smallest absolute Gasteiger partial charge is 0.209 e. The van der Waals surface area contributed by atoms with Crippen molar-refractivity contribution in [1.82, 2.24) is 0 Å². The van der Waals surface area contributed by atoms with Crippen LogP contribution >= 0.6 is 0 Å². The molecule has 0 aliphatic rings. The van der Waals surface area contributed by atoms with Crippen LogP contribution < -0.4 is 11.5 Å². The molecule has 0 aliphatic carbocycles. The number of ketones is 2. The molecule has 7 heteroatoms. The van der Waals surface area contributed by atoms with Crippen molar-refractivity contribution in [2.75, 3.05) is 13.2 Å². The van der Waals surface area contributed by atoms with Gasteiger partial charge in [-0.3, -0.25) is 9.59 Å². The van der Waals surface area contributed by atoms with Gasteiger partial charge in [0.1, 0.15) is 6.10 Å². The van der Waals surface area contributed by atoms with Crippen LogP contribution in [0, 0.1) is 0 Å². The summed E-state index contributed by atoms with van der Waals surface area (Å²) in [6.45, 7) is 2.77. The number of rotatable bonds is 11. The van der Waals surface area contributed by atoms with E-state index in [9.17, 15) is 19.8 Å². The first-order valence-electron chi connectivity index (χ1n) is 6.50. The van der Waals surface area contributed by atoms with Crippen LogP contribution in [-0.2, 0) is 9.59 Å². The van der Waals surface area contributed by atoms with Gasteiger partial charge in [-0.2, -0.15) is 0 Å². The summed E-state index contributed by atoms with van der Waals surface area (Å²) in [4.78, 5) is 24.0. The summed E-state index contributed by atoms with van der Waals surface area (Å²) in [5.74, 6) is -1.71. The molecule has 7 N–H and O–H groups in total. The maximum atomic E-state index is 12.0. The Kier molecular flexibility index (Phi) is 8.43. The molecule has 3 unspecified atom stereocenters. The summed E-state index contributed by atoms with van der Waals surface area (Å²) < 4.78 is 0. The summed E-state index contributed by atoms with van der Waals surface area (Å²) >= 11 is 0. The zero-order valence-corrected chi connectivity index (χ0v) is 11.5. The van der Waals surface area contributed by atoms with Crippen molar-refractivity contribution in [2.45, 2.75) is 43.4 Å². The van der Waals surface area contributed by atoms with Crippen LogP contribution in [0.5, 0.6) is 0 Å². The highest BCUT2D eigenvalue weighted by Crippen LogP contribution is 2.20. The normalized spacial score (nSPS) is 17.1. The maximum absolute atomic E-state index is 12.0. The van der Waals surface area contributed by atoms with Crippen LogP contribution in [0.1, 0.15) is 25.7 Å². The van der Waals surface area contributed by atoms with Gasteiger partial charge in [0, 0.05) is 18.9 Å². The van der Waals surface area contributed by atoms with Gasteiger partial charge in [-0.1, -0.05) is 6.08 Å². The second kappa shape index (κ2) is 8.93. The van der Waals surface area contributed by atoms with Crippen LogP contribution in [0.2, 0.25) is 0 Å². The molecule has 0 saturated heterocycles. The fourth-order valence-electron chi connectivity index (χ4n) is 1.72. The van der Waals surface area contributed by atoms with E-state index in [-0.39, 0.29) is 32.2 Å². The average molecular weight is 288 g/mol. The number of nitrogens with two attached hydrogens (primary N) is 2. The molecule has 0 aliphatic heterocycles. The van der Waals surface area contributed by atoms with Crippen molar-refractivity contribution in [2.24, 2.45) is 11.5 Å². The van der Waals surface area contributed by atoms with E-state index in [0.717, 1.165) is 0 Å². The summed E-state index contributed by atoms with van der Waals surface area (Å²) in [5.41, 5.74) is 8.22. The first-order chi connectivity index (χ1) is 9.34. The fraction of sp³-hybridized carbons (Fsp3) is 0.692. The molecular weight excluding hydrogens is 264 g/mol. The number of hydrogen-bond donors (Lipinski definition) is 5. The number of carbonyl (C=O) groups is 2. The fourth-order valence-corrected chi connectivity index (χ4v) is 1.72. The minimum atomic E-state index is -2.61. The van der Waals surface area contributed by atoms with Crippen molar-refractivity contribution in [3.05, 3.63) is 12.7 Å². The van der Waals surface area contributed by atoms with E-state index in [0.29, 0.717) is 0 Å². The van der Waals surface area contributed by atoms with Crippen LogP contribution in [0.4, 0.5) is 0 Å². The van der Waals surface area contributed by atoms with E-state index >= 15 is 0 Å². The van der Waals surface area contributed by atoms with E-state index < -0.39 is 35.9 Å². The Balaban J connectivity index is 4.97. The van der Waals surface area contributed by atoms with E-state index in [1.807, 2.05) is 0 Å². The van der Waals surface area contributed by atoms with Crippen LogP contribution in [0.15, 0.2) is 12.7 Å². The lowest BCUT2D eigenvalue weighted by molar-refractivity contribution is -0.166. The van der Waals surface area contributed by atoms with Gasteiger partial charge in [-0.05, 0) is 19.4 Å². The third-order valence-electron chi connectivity index (χ3n) is 3.12. The van der Waals surface area contributed by atoms with Gasteiger partial charge in [0.15, 0.2) is 11.6 Å². The zero-order valence-electron chi connectivity index (χ0n) is 11.5. The summed E-state index contributed by atoms with van der Waals surface area (Å²) in [7, 11) is 0. The predicted molar refractivity (Wildman–Crippen MR) is 73.8 cm³/mol. The zero-order chi connectivity index (χ0) is 15.8. The second-order valence-corrected chi connectivity index (χ2v) is 4.64. The molecule has 116 valence electrons. The van der Waals surface area contributed by atoms with Gasteiger partial charge in [0.05, 0.1) is 6.61 Å². The monoisotopic (exact) mass is 288 g/mol. The molecule has 0 saturated carbocycles. The Bertz CT molecular complexity index is 348. The van der Waals surface area contributed by atoms with Crippen molar-refractivity contribution in [3.8, 4) is 0 Å². The molecule has 0 spiro atoms. The van der Waals surface area contributed by atoms with Gasteiger partial charge >= 0.3 is 0 Å². The summed E-state index contributed by atoms with van der Waals surface area (Å²) in [5, 5.41) is 28.8. The molecule has 0 radical (unpaired) electrons. The molecule has 0 bridgehead atoms. The van der Waals surface area contributed by atoms with Crippen LogP contribution in [0.3, 0.4) is 0 Å². The van der Waals surface area contributed by atoms with E-state index in [1.165, 1.54) is 6.08 Å². The van der Waals surface area contributed by atoms with Gasteiger partial charge in [0.2, 0.25) is 5.60 Å². The highest BCUT2D eigenvalue weighted by molar-refractivity contribution is 6.10. The Labute approximate surface area is 118 Å². The average Bonchev–Trinajstić information content (AvgIpc) is 2.47. The summed E-state index contributed by atoms with van der Waals surface area (Å²) in [6.07, 6.45) is -0.310. The number of hydrogen-bond acceptors (Lipinski definition) is 7. The van der Waals surface area contributed by atoms with Crippen LogP contribution in [-0.4, -0.2) is 57.8 Å². The second-order valence-electron chi connectivity index (χ2n) is 4.64. The molecule has 0 amide bonds. The van der Waals surface area contributed by atoms with Gasteiger partial charge in [-0.15, -0.1) is 6.58 Å². The SMILES string of the molecule is C=CC(N)CCC(=O)C(O)(C(=O)CCCN)C(O)CO. The number of Topliss-reactive ketones (excluding diaryl/α,β-unsaturated/α-hetero) is 2. The van der Waals surface area contributed by atoms with Gasteiger partial charge in [0.25, 0.3) is 0 Å². The van der Waals surface area contributed by atoms with E-state index in [4.69, 9.17) is 16.6 Å². The largest absolute Gasteiger partial charge is 0.394 e.